The number of aromatic nitrogens is 6. The van der Waals surface area contributed by atoms with E-state index in [9.17, 15) is 14.2 Å². The van der Waals surface area contributed by atoms with Gasteiger partial charge in [-0.2, -0.15) is 0 Å². The van der Waals surface area contributed by atoms with Crippen molar-refractivity contribution in [3.8, 4) is 0 Å². The maximum atomic E-state index is 16.0. The van der Waals surface area contributed by atoms with Crippen molar-refractivity contribution in [2.75, 3.05) is 18.9 Å². The zero-order valence-electron chi connectivity index (χ0n) is 22.6. The topological polar surface area (TPSA) is 197 Å². The highest BCUT2D eigenvalue weighted by Crippen LogP contribution is 2.60. The van der Waals surface area contributed by atoms with Crippen LogP contribution in [-0.4, -0.2) is 84.1 Å². The first-order valence-electron chi connectivity index (χ1n) is 13.1. The minimum Gasteiger partial charge on any atom is -0.387 e. The Hall–Kier alpha value is -1.28. The molecule has 3 fully saturated rings. The van der Waals surface area contributed by atoms with Gasteiger partial charge in [-0.25, -0.2) is 33.5 Å². The highest BCUT2D eigenvalue weighted by atomic mass is 35.5. The number of benzene rings is 1. The molecule has 1 aromatic carbocycles. The summed E-state index contributed by atoms with van der Waals surface area (Å²) in [6.07, 6.45) is -9.75. The quantitative estimate of drug-likeness (QED) is 0.160. The lowest BCUT2D eigenvalue weighted by atomic mass is 10.1. The van der Waals surface area contributed by atoms with Crippen molar-refractivity contribution in [2.24, 2.45) is 0 Å². The van der Waals surface area contributed by atoms with Crippen LogP contribution in [0.1, 0.15) is 12.5 Å². The lowest BCUT2D eigenvalue weighted by molar-refractivity contribution is -0.0566. The number of aliphatic hydroxyl groups is 1. The Labute approximate surface area is 283 Å². The zero-order chi connectivity index (χ0) is 32.7. The van der Waals surface area contributed by atoms with E-state index in [0.717, 1.165) is 6.33 Å². The van der Waals surface area contributed by atoms with Crippen molar-refractivity contribution in [3.63, 3.8) is 0 Å². The molecule has 0 amide bonds. The van der Waals surface area contributed by atoms with Gasteiger partial charge >= 0.3 is 13.6 Å². The number of hydrogen-bond donors (Lipinski definition) is 4. The third-order valence-electron chi connectivity index (χ3n) is 7.50. The van der Waals surface area contributed by atoms with Crippen LogP contribution in [0, 0.1) is 0 Å². The van der Waals surface area contributed by atoms with Gasteiger partial charge in [-0.1, -0.05) is 47.7 Å². The number of anilines is 1. The van der Waals surface area contributed by atoms with Crippen LogP contribution in [0.3, 0.4) is 0 Å². The average molecular weight is 779 g/mol. The molecule has 0 aliphatic carbocycles. The van der Waals surface area contributed by atoms with Gasteiger partial charge in [0.1, 0.15) is 42.4 Å². The van der Waals surface area contributed by atoms with Crippen LogP contribution in [-0.2, 0) is 36.7 Å². The van der Waals surface area contributed by atoms with Gasteiger partial charge in [-0.15, -0.1) is 0 Å². The molecule has 16 nitrogen and oxygen atoms in total. The van der Waals surface area contributed by atoms with Crippen molar-refractivity contribution < 1.29 is 46.2 Å². The van der Waals surface area contributed by atoms with Gasteiger partial charge in [0.25, 0.3) is 0 Å². The van der Waals surface area contributed by atoms with E-state index in [1.807, 2.05) is 0 Å². The fourth-order valence-electron chi connectivity index (χ4n) is 5.42. The molecule has 3 aliphatic heterocycles. The summed E-state index contributed by atoms with van der Waals surface area (Å²) in [4.78, 5) is 16.3. The SMILES string of the molecule is Nc1ncnc2c1ncn2C1OC2COP(=O)(S)OC3C(O)C(COP(=O)(S)OC2C1F)OC3n1c(Cl)nc2cc(Cl)c(Cl)cc21. The fraction of sp³-hybridized carbons (Fsp3) is 0.455. The first-order chi connectivity index (χ1) is 21.7. The second-order valence-electron chi connectivity index (χ2n) is 10.3. The van der Waals surface area contributed by atoms with Crippen LogP contribution < -0.4 is 5.73 Å². The normalized spacial score (nSPS) is 37.2. The molecule has 3 aromatic heterocycles. The third kappa shape index (κ3) is 5.96. The summed E-state index contributed by atoms with van der Waals surface area (Å²) >= 11 is 26.9. The van der Waals surface area contributed by atoms with E-state index in [0.29, 0.717) is 11.0 Å². The predicted molar refractivity (Wildman–Crippen MR) is 168 cm³/mol. The zero-order valence-corrected chi connectivity index (χ0v) is 28.5. The minimum absolute atomic E-state index is 0.0509. The predicted octanol–water partition coefficient (Wildman–Crippen LogP) is 4.81. The molecule has 10 unspecified atom stereocenters. The van der Waals surface area contributed by atoms with Crippen molar-refractivity contribution in [1.82, 2.24) is 29.1 Å². The van der Waals surface area contributed by atoms with E-state index in [4.69, 9.17) is 68.1 Å². The van der Waals surface area contributed by atoms with E-state index in [-0.39, 0.29) is 32.3 Å². The van der Waals surface area contributed by atoms with Crippen LogP contribution in [0.5, 0.6) is 0 Å². The maximum Gasteiger partial charge on any atom is 0.386 e. The Morgan fingerprint density at radius 3 is 2.35 bits per heavy atom. The second-order valence-corrected chi connectivity index (χ2v) is 17.2. The molecule has 3 N–H and O–H groups in total. The number of thiol groups is 2. The molecule has 6 heterocycles. The molecule has 2 bridgehead atoms. The Balaban J connectivity index is 1.21. The van der Waals surface area contributed by atoms with Gasteiger partial charge in [0.2, 0.25) is 5.28 Å². The van der Waals surface area contributed by atoms with E-state index in [1.165, 1.54) is 27.6 Å². The highest BCUT2D eigenvalue weighted by molar-refractivity contribution is 8.44. The number of nitrogen functional groups attached to an aromatic ring is 1. The summed E-state index contributed by atoms with van der Waals surface area (Å²) in [5.41, 5.74) is 6.84. The number of imidazole rings is 2. The van der Waals surface area contributed by atoms with Crippen molar-refractivity contribution in [1.29, 1.82) is 0 Å². The molecule has 10 atom stereocenters. The standard InChI is InChI=1S/C22H21Cl3FN7O9P2S2/c23-7-1-9-10(2-8(7)24)33(22(25)31-9)21-17-15(34)11(39-21)3-37-43(35,45)41-16-12(4-38-44(36,46)42-17)40-20(13(16)26)32-6-30-14-18(27)28-5-29-19(14)32/h1-2,5-6,11-13,15-17,20-21,34H,3-4H2,(H,35,45)(H,36,46)(H2,27,28,29). The third-order valence-corrected chi connectivity index (χ3v) is 11.7. The number of hydrogen-bond acceptors (Lipinski definition) is 14. The van der Waals surface area contributed by atoms with Gasteiger partial charge in [0.05, 0.1) is 40.6 Å². The van der Waals surface area contributed by atoms with Crippen LogP contribution in [0.4, 0.5) is 10.2 Å². The number of rotatable bonds is 2. The molecule has 46 heavy (non-hydrogen) atoms. The molecule has 24 heteroatoms. The lowest BCUT2D eigenvalue weighted by Gasteiger charge is -2.26. The monoisotopic (exact) mass is 777 g/mol. The van der Waals surface area contributed by atoms with E-state index >= 15 is 4.39 Å². The Bertz CT molecular complexity index is 1950. The average Bonchev–Trinajstić information content (AvgIpc) is 3.71. The number of alkyl halides is 1. The van der Waals surface area contributed by atoms with Gasteiger partial charge in [0.15, 0.2) is 30.1 Å². The van der Waals surface area contributed by atoms with E-state index in [1.54, 1.807) is 0 Å². The summed E-state index contributed by atoms with van der Waals surface area (Å²) in [5.74, 6) is 0.0509. The molecule has 3 saturated heterocycles. The molecule has 0 radical (unpaired) electrons. The van der Waals surface area contributed by atoms with Gasteiger partial charge < -0.3 is 20.3 Å². The van der Waals surface area contributed by atoms with Gasteiger partial charge in [0, 0.05) is 0 Å². The number of ether oxygens (including phenoxy) is 2. The minimum atomic E-state index is -4.41. The molecule has 3 aliphatic rings. The van der Waals surface area contributed by atoms with E-state index < -0.39 is 76.0 Å². The molecule has 7 rings (SSSR count). The summed E-state index contributed by atoms with van der Waals surface area (Å²) < 4.78 is 79.7. The Morgan fingerprint density at radius 2 is 1.61 bits per heavy atom. The van der Waals surface area contributed by atoms with E-state index in [2.05, 4.69) is 44.4 Å². The number of nitrogens with two attached hydrogens (primary N) is 1. The van der Waals surface area contributed by atoms with Crippen molar-refractivity contribution >= 4 is 101 Å². The number of halogens is 4. The summed E-state index contributed by atoms with van der Waals surface area (Å²) in [7, 11) is 0. The Kier molecular flexibility index (Phi) is 8.85. The Morgan fingerprint density at radius 1 is 0.957 bits per heavy atom. The molecule has 4 aromatic rings. The first kappa shape index (κ1) is 33.2. The van der Waals surface area contributed by atoms with Gasteiger partial charge in [-0.05, 0) is 23.7 Å². The molecule has 0 spiro atoms. The fourth-order valence-corrected chi connectivity index (χ4v) is 8.95. The van der Waals surface area contributed by atoms with Crippen LogP contribution in [0.2, 0.25) is 15.3 Å². The number of fused-ring (bicyclic) bond motifs is 5. The number of nitrogens with zero attached hydrogens (tertiary/aromatic N) is 6. The molecular weight excluding hydrogens is 758 g/mol. The molecule has 248 valence electrons. The first-order valence-corrected chi connectivity index (χ1v) is 19.7. The van der Waals surface area contributed by atoms with Crippen LogP contribution >= 0.6 is 72.9 Å². The van der Waals surface area contributed by atoms with Crippen molar-refractivity contribution in [2.45, 2.75) is 49.1 Å². The molecular formula is C22H21Cl3FN7O9P2S2. The van der Waals surface area contributed by atoms with Crippen LogP contribution in [0.15, 0.2) is 24.8 Å². The summed E-state index contributed by atoms with van der Waals surface area (Å²) in [6, 6.07) is 2.93. The van der Waals surface area contributed by atoms with Gasteiger partial charge in [-0.3, -0.25) is 27.2 Å². The summed E-state index contributed by atoms with van der Waals surface area (Å²) in [5, 5.41) is 11.5. The maximum absolute atomic E-state index is 16.0. The summed E-state index contributed by atoms with van der Waals surface area (Å²) in [6.45, 7) is -10.1. The van der Waals surface area contributed by atoms with Crippen LogP contribution in [0.25, 0.3) is 22.2 Å². The smallest absolute Gasteiger partial charge is 0.386 e. The lowest BCUT2D eigenvalue weighted by Crippen LogP contribution is -2.35. The molecule has 0 saturated carbocycles. The van der Waals surface area contributed by atoms with Crippen molar-refractivity contribution in [3.05, 3.63) is 40.1 Å². The number of aliphatic hydroxyl groups excluding tert-OH is 1. The largest absolute Gasteiger partial charge is 0.387 e. The second kappa shape index (κ2) is 12.2. The highest BCUT2D eigenvalue weighted by Gasteiger charge is 2.54.